The predicted octanol–water partition coefficient (Wildman–Crippen LogP) is 1.58. The van der Waals surface area contributed by atoms with Crippen LogP contribution in [0.2, 0.25) is 0 Å². The van der Waals surface area contributed by atoms with Gasteiger partial charge in [0.05, 0.1) is 12.5 Å². The van der Waals surface area contributed by atoms with E-state index in [1.165, 1.54) is 25.7 Å². The number of nitrogens with one attached hydrogen (secondary N) is 1. The van der Waals surface area contributed by atoms with Crippen molar-refractivity contribution in [2.45, 2.75) is 45.6 Å². The van der Waals surface area contributed by atoms with Crippen molar-refractivity contribution in [1.29, 1.82) is 0 Å². The van der Waals surface area contributed by atoms with Crippen LogP contribution in [0.15, 0.2) is 0 Å². The van der Waals surface area contributed by atoms with E-state index < -0.39 is 11.9 Å². The topological polar surface area (TPSA) is 69.6 Å². The quantitative estimate of drug-likeness (QED) is 0.748. The number of carboxylic acids is 1. The Morgan fingerprint density at radius 3 is 2.52 bits per heavy atom. The standard InChI is InChI=1S/C16H28N2O3/c1-10(16(20)21)8-18(3)9-15(19)17-11(2)14-7-12-4-5-13(14)6-12/h10-14H,4-9H2,1-3H3,(H,17,19)(H,20,21). The maximum Gasteiger partial charge on any atom is 0.307 e. The molecule has 0 aromatic heterocycles. The number of hydrogen-bond acceptors (Lipinski definition) is 3. The third-order valence-electron chi connectivity index (χ3n) is 5.24. The predicted molar refractivity (Wildman–Crippen MR) is 80.8 cm³/mol. The summed E-state index contributed by atoms with van der Waals surface area (Å²) in [6, 6.07) is 0.234. The summed E-state index contributed by atoms with van der Waals surface area (Å²) in [7, 11) is 1.79. The van der Waals surface area contributed by atoms with Crippen molar-refractivity contribution < 1.29 is 14.7 Å². The lowest BCUT2D eigenvalue weighted by atomic mass is 9.84. The summed E-state index contributed by atoms with van der Waals surface area (Å²) in [5.41, 5.74) is 0. The fourth-order valence-corrected chi connectivity index (χ4v) is 4.17. The van der Waals surface area contributed by atoms with Gasteiger partial charge in [0.1, 0.15) is 0 Å². The van der Waals surface area contributed by atoms with Crippen LogP contribution in [-0.4, -0.2) is 48.1 Å². The smallest absolute Gasteiger partial charge is 0.307 e. The van der Waals surface area contributed by atoms with E-state index in [1.807, 2.05) is 0 Å². The zero-order valence-electron chi connectivity index (χ0n) is 13.3. The van der Waals surface area contributed by atoms with Crippen LogP contribution in [-0.2, 0) is 9.59 Å². The molecule has 2 rings (SSSR count). The molecule has 2 aliphatic rings. The van der Waals surface area contributed by atoms with Crippen LogP contribution in [0.3, 0.4) is 0 Å². The van der Waals surface area contributed by atoms with Gasteiger partial charge in [-0.25, -0.2) is 0 Å². The summed E-state index contributed by atoms with van der Waals surface area (Å²) in [5.74, 6) is 1.05. The van der Waals surface area contributed by atoms with Crippen LogP contribution >= 0.6 is 0 Å². The number of fused-ring (bicyclic) bond motifs is 2. The molecular formula is C16H28N2O3. The van der Waals surface area contributed by atoms with Gasteiger partial charge in [0.25, 0.3) is 0 Å². The third kappa shape index (κ3) is 4.19. The normalized spacial score (nSPS) is 30.4. The van der Waals surface area contributed by atoms with Crippen LogP contribution < -0.4 is 5.32 Å². The lowest BCUT2D eigenvalue weighted by molar-refractivity contribution is -0.142. The summed E-state index contributed by atoms with van der Waals surface area (Å²) in [4.78, 5) is 24.7. The molecule has 0 radical (unpaired) electrons. The monoisotopic (exact) mass is 296 g/mol. The fourth-order valence-electron chi connectivity index (χ4n) is 4.17. The largest absolute Gasteiger partial charge is 0.481 e. The molecule has 0 aromatic rings. The van der Waals surface area contributed by atoms with Crippen molar-refractivity contribution in [3.63, 3.8) is 0 Å². The average molecular weight is 296 g/mol. The van der Waals surface area contributed by atoms with Crippen molar-refractivity contribution in [2.24, 2.45) is 23.7 Å². The van der Waals surface area contributed by atoms with Gasteiger partial charge in [-0.3, -0.25) is 14.5 Å². The number of amides is 1. The van der Waals surface area contributed by atoms with E-state index >= 15 is 0 Å². The van der Waals surface area contributed by atoms with Crippen molar-refractivity contribution in [2.75, 3.05) is 20.1 Å². The van der Waals surface area contributed by atoms with Crippen LogP contribution in [0.25, 0.3) is 0 Å². The van der Waals surface area contributed by atoms with Gasteiger partial charge in [0, 0.05) is 12.6 Å². The maximum absolute atomic E-state index is 12.1. The Kier molecular flexibility index (Phi) is 5.25. The molecule has 5 nitrogen and oxygen atoms in total. The van der Waals surface area contributed by atoms with E-state index in [4.69, 9.17) is 5.11 Å². The average Bonchev–Trinajstić information content (AvgIpc) is 2.99. The van der Waals surface area contributed by atoms with Crippen LogP contribution in [0.1, 0.15) is 39.5 Å². The first kappa shape index (κ1) is 16.3. The molecule has 0 saturated heterocycles. The zero-order chi connectivity index (χ0) is 15.6. The maximum atomic E-state index is 12.1. The van der Waals surface area contributed by atoms with Gasteiger partial charge in [-0.15, -0.1) is 0 Å². The molecule has 21 heavy (non-hydrogen) atoms. The Balaban J connectivity index is 1.72. The fraction of sp³-hybridized carbons (Fsp3) is 0.875. The van der Waals surface area contributed by atoms with Crippen LogP contribution in [0.5, 0.6) is 0 Å². The number of likely N-dealkylation sites (N-methyl/N-ethyl adjacent to an activating group) is 1. The number of hydrogen-bond donors (Lipinski definition) is 2. The molecule has 1 amide bonds. The van der Waals surface area contributed by atoms with Gasteiger partial charge < -0.3 is 10.4 Å². The highest BCUT2D eigenvalue weighted by molar-refractivity contribution is 5.78. The summed E-state index contributed by atoms with van der Waals surface area (Å²) in [5, 5.41) is 12.0. The van der Waals surface area contributed by atoms with Gasteiger partial charge in [0.15, 0.2) is 0 Å². The highest BCUT2D eigenvalue weighted by Crippen LogP contribution is 2.49. The number of carbonyl (C=O) groups is 2. The molecule has 0 spiro atoms. The van der Waals surface area contributed by atoms with Crippen molar-refractivity contribution in [3.8, 4) is 0 Å². The number of carboxylic acid groups (broad SMARTS) is 1. The minimum absolute atomic E-state index is 0.00497. The highest BCUT2D eigenvalue weighted by atomic mass is 16.4. The Labute approximate surface area is 127 Å². The molecule has 5 heteroatoms. The number of carbonyl (C=O) groups excluding carboxylic acids is 1. The summed E-state index contributed by atoms with van der Waals surface area (Å²) in [6.07, 6.45) is 5.31. The molecule has 5 atom stereocenters. The van der Waals surface area contributed by atoms with Gasteiger partial charge in [-0.2, -0.15) is 0 Å². The minimum atomic E-state index is -0.822. The molecular weight excluding hydrogens is 268 g/mol. The van der Waals surface area contributed by atoms with E-state index in [0.29, 0.717) is 12.5 Å². The van der Waals surface area contributed by atoms with Gasteiger partial charge in [0.2, 0.25) is 5.91 Å². The lowest BCUT2D eigenvalue weighted by Gasteiger charge is -2.29. The van der Waals surface area contributed by atoms with E-state index in [0.717, 1.165) is 11.8 Å². The lowest BCUT2D eigenvalue weighted by Crippen LogP contribution is -2.45. The first-order valence-corrected chi connectivity index (χ1v) is 8.07. The molecule has 2 aliphatic carbocycles. The Hall–Kier alpha value is -1.10. The molecule has 0 aliphatic heterocycles. The highest BCUT2D eigenvalue weighted by Gasteiger charge is 2.42. The first-order chi connectivity index (χ1) is 9.86. The first-order valence-electron chi connectivity index (χ1n) is 8.07. The molecule has 0 heterocycles. The Bertz CT molecular complexity index is 399. The number of nitrogens with zero attached hydrogens (tertiary/aromatic N) is 1. The molecule has 120 valence electrons. The van der Waals surface area contributed by atoms with E-state index in [1.54, 1.807) is 18.9 Å². The second kappa shape index (κ2) is 6.77. The Morgan fingerprint density at radius 1 is 1.29 bits per heavy atom. The third-order valence-corrected chi connectivity index (χ3v) is 5.24. The SMILES string of the molecule is CC(CN(C)CC(=O)NC(C)C1CC2CCC1C2)C(=O)O. The van der Waals surface area contributed by atoms with Crippen LogP contribution in [0, 0.1) is 23.7 Å². The van der Waals surface area contributed by atoms with E-state index in [9.17, 15) is 9.59 Å². The molecule has 2 saturated carbocycles. The number of aliphatic carboxylic acids is 1. The Morgan fingerprint density at radius 2 is 2.00 bits per heavy atom. The van der Waals surface area contributed by atoms with E-state index in [2.05, 4.69) is 12.2 Å². The molecule has 0 aromatic carbocycles. The molecule has 2 bridgehead atoms. The van der Waals surface area contributed by atoms with Crippen LogP contribution in [0.4, 0.5) is 0 Å². The van der Waals surface area contributed by atoms with Crippen molar-refractivity contribution in [3.05, 3.63) is 0 Å². The van der Waals surface area contributed by atoms with Crippen molar-refractivity contribution in [1.82, 2.24) is 10.2 Å². The summed E-state index contributed by atoms with van der Waals surface area (Å²) >= 11 is 0. The molecule has 2 fully saturated rings. The summed E-state index contributed by atoms with van der Waals surface area (Å²) in [6.45, 7) is 4.44. The molecule has 2 N–H and O–H groups in total. The second-order valence-electron chi connectivity index (χ2n) is 7.13. The second-order valence-corrected chi connectivity index (χ2v) is 7.13. The van der Waals surface area contributed by atoms with E-state index in [-0.39, 0.29) is 18.5 Å². The number of rotatable bonds is 7. The summed E-state index contributed by atoms with van der Waals surface area (Å²) < 4.78 is 0. The van der Waals surface area contributed by atoms with Gasteiger partial charge >= 0.3 is 5.97 Å². The van der Waals surface area contributed by atoms with Gasteiger partial charge in [-0.05, 0) is 51.0 Å². The van der Waals surface area contributed by atoms with Gasteiger partial charge in [-0.1, -0.05) is 13.3 Å². The van der Waals surface area contributed by atoms with Crippen molar-refractivity contribution >= 4 is 11.9 Å². The zero-order valence-corrected chi connectivity index (χ0v) is 13.3. The molecule has 5 unspecified atom stereocenters. The minimum Gasteiger partial charge on any atom is -0.481 e.